The second-order valence-corrected chi connectivity index (χ2v) is 5.71. The molecular formula is C10H18N2O3S. The minimum Gasteiger partial charge on any atom is -0.274 e. The summed E-state index contributed by atoms with van der Waals surface area (Å²) in [6.45, 7) is 2.29. The topological polar surface area (TPSA) is 66.5 Å². The Morgan fingerprint density at radius 3 is 2.50 bits per heavy atom. The van der Waals surface area contributed by atoms with Gasteiger partial charge in [0.25, 0.3) is 0 Å². The van der Waals surface area contributed by atoms with Crippen LogP contribution in [-0.2, 0) is 15.0 Å². The number of hydrogen-bond acceptors (Lipinski definition) is 3. The monoisotopic (exact) mass is 246 g/mol. The minimum atomic E-state index is -3.65. The molecule has 0 fully saturated rings. The second kappa shape index (κ2) is 5.45. The Bertz CT molecular complexity index is 368. The van der Waals surface area contributed by atoms with Gasteiger partial charge in [-0.2, -0.15) is 12.7 Å². The fourth-order valence-electron chi connectivity index (χ4n) is 1.55. The van der Waals surface area contributed by atoms with Crippen LogP contribution in [0.4, 0.5) is 0 Å². The molecule has 0 aromatic heterocycles. The molecule has 16 heavy (non-hydrogen) atoms. The van der Waals surface area contributed by atoms with Gasteiger partial charge in [-0.25, -0.2) is 4.72 Å². The lowest BCUT2D eigenvalue weighted by Gasteiger charge is -2.18. The molecule has 5 nitrogen and oxygen atoms in total. The number of carbonyl (C=O) groups excluding carboxylic acids is 1. The van der Waals surface area contributed by atoms with Crippen molar-refractivity contribution in [2.24, 2.45) is 5.92 Å². The molecule has 1 aliphatic carbocycles. The van der Waals surface area contributed by atoms with Crippen LogP contribution in [-0.4, -0.2) is 32.2 Å². The maximum atomic E-state index is 11.7. The summed E-state index contributed by atoms with van der Waals surface area (Å²) in [4.78, 5) is 11.6. The lowest BCUT2D eigenvalue weighted by Crippen LogP contribution is -2.43. The molecule has 0 spiro atoms. The predicted octanol–water partition coefficient (Wildman–Crippen LogP) is 0.655. The maximum Gasteiger partial charge on any atom is 0.303 e. The zero-order valence-corrected chi connectivity index (χ0v) is 10.5. The van der Waals surface area contributed by atoms with Crippen LogP contribution in [0.3, 0.4) is 0 Å². The van der Waals surface area contributed by atoms with Crippen molar-refractivity contribution < 1.29 is 13.2 Å². The van der Waals surface area contributed by atoms with Crippen LogP contribution in [0, 0.1) is 5.92 Å². The summed E-state index contributed by atoms with van der Waals surface area (Å²) in [6, 6.07) is 0. The zero-order chi connectivity index (χ0) is 12.2. The molecule has 0 atom stereocenters. The van der Waals surface area contributed by atoms with Crippen LogP contribution in [0.25, 0.3) is 0 Å². The van der Waals surface area contributed by atoms with Crippen molar-refractivity contribution in [3.05, 3.63) is 12.2 Å². The number of allylic oxidation sites excluding steroid dienone is 2. The first kappa shape index (κ1) is 13.2. The summed E-state index contributed by atoms with van der Waals surface area (Å²) in [5, 5.41) is 0. The molecule has 92 valence electrons. The van der Waals surface area contributed by atoms with E-state index in [1.54, 1.807) is 0 Å². The molecule has 0 saturated carbocycles. The van der Waals surface area contributed by atoms with Gasteiger partial charge in [0.1, 0.15) is 0 Å². The Hall–Kier alpha value is -0.880. The maximum absolute atomic E-state index is 11.7. The Kier molecular flexibility index (Phi) is 4.49. The van der Waals surface area contributed by atoms with Crippen molar-refractivity contribution in [1.82, 2.24) is 9.03 Å². The van der Waals surface area contributed by atoms with E-state index in [-0.39, 0.29) is 5.92 Å². The number of nitrogens with zero attached hydrogens (tertiary/aromatic N) is 1. The van der Waals surface area contributed by atoms with Crippen molar-refractivity contribution in [3.8, 4) is 0 Å². The molecule has 0 aromatic rings. The standard InChI is InChI=1S/C10H18N2O3S/c1-3-8-12(2)16(14,15)11-10(13)9-6-4-5-7-9/h4-5,9H,3,6-8H2,1-2H3,(H,11,13). The van der Waals surface area contributed by atoms with E-state index in [4.69, 9.17) is 0 Å². The third-order valence-corrected chi connectivity index (χ3v) is 4.02. The van der Waals surface area contributed by atoms with Crippen molar-refractivity contribution in [2.75, 3.05) is 13.6 Å². The van der Waals surface area contributed by atoms with Gasteiger partial charge in [-0.1, -0.05) is 19.1 Å². The van der Waals surface area contributed by atoms with E-state index in [0.29, 0.717) is 19.4 Å². The van der Waals surface area contributed by atoms with E-state index >= 15 is 0 Å². The first-order valence-electron chi connectivity index (χ1n) is 5.40. The van der Waals surface area contributed by atoms with Crippen molar-refractivity contribution in [2.45, 2.75) is 26.2 Å². The highest BCUT2D eigenvalue weighted by Gasteiger charge is 2.25. The van der Waals surface area contributed by atoms with Gasteiger partial charge < -0.3 is 0 Å². The Morgan fingerprint density at radius 1 is 1.44 bits per heavy atom. The van der Waals surface area contributed by atoms with E-state index in [9.17, 15) is 13.2 Å². The van der Waals surface area contributed by atoms with E-state index in [1.165, 1.54) is 7.05 Å². The van der Waals surface area contributed by atoms with E-state index in [1.807, 2.05) is 19.1 Å². The molecule has 0 bridgehead atoms. The summed E-state index contributed by atoms with van der Waals surface area (Å²) >= 11 is 0. The van der Waals surface area contributed by atoms with Crippen LogP contribution >= 0.6 is 0 Å². The van der Waals surface area contributed by atoms with Gasteiger partial charge in [0.15, 0.2) is 0 Å². The molecule has 1 N–H and O–H groups in total. The molecule has 0 aliphatic heterocycles. The molecule has 0 unspecified atom stereocenters. The number of rotatable bonds is 5. The van der Waals surface area contributed by atoms with E-state index in [2.05, 4.69) is 4.72 Å². The Balaban J connectivity index is 2.55. The highest BCUT2D eigenvalue weighted by Crippen LogP contribution is 2.17. The lowest BCUT2D eigenvalue weighted by atomic mass is 10.1. The molecule has 1 rings (SSSR count). The Labute approximate surface area is 96.7 Å². The lowest BCUT2D eigenvalue weighted by molar-refractivity contribution is -0.122. The van der Waals surface area contributed by atoms with Crippen LogP contribution < -0.4 is 4.72 Å². The van der Waals surface area contributed by atoms with Gasteiger partial charge in [-0.05, 0) is 19.3 Å². The van der Waals surface area contributed by atoms with E-state index < -0.39 is 16.1 Å². The van der Waals surface area contributed by atoms with Crippen molar-refractivity contribution in [1.29, 1.82) is 0 Å². The average Bonchev–Trinajstić information content (AvgIpc) is 2.70. The molecule has 0 heterocycles. The number of nitrogens with one attached hydrogen (secondary N) is 1. The highest BCUT2D eigenvalue weighted by atomic mass is 32.2. The minimum absolute atomic E-state index is 0.232. The van der Waals surface area contributed by atoms with Crippen LogP contribution in [0.5, 0.6) is 0 Å². The highest BCUT2D eigenvalue weighted by molar-refractivity contribution is 7.87. The van der Waals surface area contributed by atoms with Crippen LogP contribution in [0.1, 0.15) is 26.2 Å². The number of carbonyl (C=O) groups is 1. The van der Waals surface area contributed by atoms with Crippen LogP contribution in [0.2, 0.25) is 0 Å². The summed E-state index contributed by atoms with van der Waals surface area (Å²) < 4.78 is 26.6. The summed E-state index contributed by atoms with van der Waals surface area (Å²) in [5.74, 6) is -0.641. The molecule has 1 amide bonds. The van der Waals surface area contributed by atoms with Crippen LogP contribution in [0.15, 0.2) is 12.2 Å². The third-order valence-electron chi connectivity index (χ3n) is 2.56. The van der Waals surface area contributed by atoms with E-state index in [0.717, 1.165) is 10.7 Å². The molecule has 0 aromatic carbocycles. The Morgan fingerprint density at radius 2 is 2.00 bits per heavy atom. The summed E-state index contributed by atoms with van der Waals surface area (Å²) in [5.41, 5.74) is 0. The first-order chi connectivity index (χ1) is 7.47. The summed E-state index contributed by atoms with van der Waals surface area (Å²) in [7, 11) is -2.19. The van der Waals surface area contributed by atoms with Crippen molar-refractivity contribution in [3.63, 3.8) is 0 Å². The molecule has 0 saturated heterocycles. The third kappa shape index (κ3) is 3.31. The predicted molar refractivity (Wildman–Crippen MR) is 61.8 cm³/mol. The average molecular weight is 246 g/mol. The first-order valence-corrected chi connectivity index (χ1v) is 6.84. The normalized spacial score (nSPS) is 16.9. The largest absolute Gasteiger partial charge is 0.303 e. The summed E-state index contributed by atoms with van der Waals surface area (Å²) in [6.07, 6.45) is 5.76. The fraction of sp³-hybridized carbons (Fsp3) is 0.700. The second-order valence-electron chi connectivity index (χ2n) is 3.93. The molecule has 6 heteroatoms. The molecule has 1 aliphatic rings. The molecular weight excluding hydrogens is 228 g/mol. The molecule has 0 radical (unpaired) electrons. The van der Waals surface area contributed by atoms with Gasteiger partial charge in [-0.15, -0.1) is 0 Å². The quantitative estimate of drug-likeness (QED) is 0.724. The van der Waals surface area contributed by atoms with Gasteiger partial charge in [0.05, 0.1) is 0 Å². The fourth-order valence-corrected chi connectivity index (χ4v) is 2.55. The number of amides is 1. The van der Waals surface area contributed by atoms with Gasteiger partial charge in [-0.3, -0.25) is 4.79 Å². The number of hydrogen-bond donors (Lipinski definition) is 1. The smallest absolute Gasteiger partial charge is 0.274 e. The van der Waals surface area contributed by atoms with Gasteiger partial charge in [0.2, 0.25) is 5.91 Å². The zero-order valence-electron chi connectivity index (χ0n) is 9.64. The van der Waals surface area contributed by atoms with Gasteiger partial charge in [0, 0.05) is 19.5 Å². The SMILES string of the molecule is CCCN(C)S(=O)(=O)NC(=O)C1CC=CC1. The van der Waals surface area contributed by atoms with Crippen molar-refractivity contribution >= 4 is 16.1 Å². The van der Waals surface area contributed by atoms with Gasteiger partial charge >= 0.3 is 10.2 Å².